The molecule has 0 aromatic heterocycles. The van der Waals surface area contributed by atoms with Crippen molar-refractivity contribution in [3.8, 4) is 0 Å². The fourth-order valence-electron chi connectivity index (χ4n) is 1.47. The summed E-state index contributed by atoms with van der Waals surface area (Å²) in [5, 5.41) is 0. The fourth-order valence-corrected chi connectivity index (χ4v) is 1.47. The maximum absolute atomic E-state index is 10.7. The van der Waals surface area contributed by atoms with Crippen LogP contribution in [0.3, 0.4) is 0 Å². The van der Waals surface area contributed by atoms with Crippen molar-refractivity contribution in [3.05, 3.63) is 0 Å². The second-order valence-electron chi connectivity index (χ2n) is 3.51. The number of rotatable bonds is 2. The zero-order valence-electron chi connectivity index (χ0n) is 8.28. The topological polar surface area (TPSA) is 38.8 Å². The van der Waals surface area contributed by atoms with E-state index in [2.05, 4.69) is 16.7 Å². The number of methoxy groups -OCH3 is 1. The summed E-state index contributed by atoms with van der Waals surface area (Å²) in [7, 11) is 3.44. The lowest BCUT2D eigenvalue weighted by molar-refractivity contribution is 0.0494. The van der Waals surface area contributed by atoms with Crippen molar-refractivity contribution >= 4 is 6.16 Å². The predicted octanol–water partition coefficient (Wildman–Crippen LogP) is 1.11. The molecule has 0 atom stereocenters. The van der Waals surface area contributed by atoms with Gasteiger partial charge in [-0.15, -0.1) is 0 Å². The number of hydrogen-bond donors (Lipinski definition) is 0. The van der Waals surface area contributed by atoms with Gasteiger partial charge in [0.05, 0.1) is 13.7 Å². The van der Waals surface area contributed by atoms with Crippen molar-refractivity contribution in [1.29, 1.82) is 0 Å². The maximum atomic E-state index is 10.7. The molecule has 1 aliphatic rings. The van der Waals surface area contributed by atoms with E-state index in [0.717, 1.165) is 25.9 Å². The molecule has 0 radical (unpaired) electrons. The highest BCUT2D eigenvalue weighted by molar-refractivity contribution is 5.59. The lowest BCUT2D eigenvalue weighted by Crippen LogP contribution is -2.32. The number of piperidine rings is 1. The SMILES string of the molecule is COC(=O)OCC1CCN(C)CC1. The number of carbonyl (C=O) groups is 1. The molecule has 1 saturated heterocycles. The van der Waals surface area contributed by atoms with E-state index in [9.17, 15) is 4.79 Å². The minimum absolute atomic E-state index is 0.501. The van der Waals surface area contributed by atoms with Crippen LogP contribution in [0, 0.1) is 5.92 Å². The van der Waals surface area contributed by atoms with Crippen molar-refractivity contribution in [3.63, 3.8) is 0 Å². The van der Waals surface area contributed by atoms with Crippen LogP contribution in [-0.2, 0) is 9.47 Å². The standard InChI is InChI=1S/C9H17NO3/c1-10-5-3-8(4-6-10)7-13-9(11)12-2/h8H,3-7H2,1-2H3. The summed E-state index contributed by atoms with van der Waals surface area (Å²) < 4.78 is 9.28. The van der Waals surface area contributed by atoms with Crippen LogP contribution in [0.1, 0.15) is 12.8 Å². The molecular weight excluding hydrogens is 170 g/mol. The van der Waals surface area contributed by atoms with E-state index in [1.807, 2.05) is 0 Å². The molecule has 0 bridgehead atoms. The molecule has 1 fully saturated rings. The minimum atomic E-state index is -0.570. The summed E-state index contributed by atoms with van der Waals surface area (Å²) in [6.07, 6.45) is 1.64. The van der Waals surface area contributed by atoms with E-state index in [4.69, 9.17) is 4.74 Å². The molecule has 4 nitrogen and oxygen atoms in total. The van der Waals surface area contributed by atoms with Crippen LogP contribution in [0.25, 0.3) is 0 Å². The molecule has 0 spiro atoms. The number of ether oxygens (including phenoxy) is 2. The third-order valence-electron chi connectivity index (χ3n) is 2.44. The van der Waals surface area contributed by atoms with Crippen molar-refractivity contribution in [1.82, 2.24) is 4.90 Å². The molecule has 0 saturated carbocycles. The van der Waals surface area contributed by atoms with Crippen LogP contribution in [0.15, 0.2) is 0 Å². The van der Waals surface area contributed by atoms with Crippen molar-refractivity contribution < 1.29 is 14.3 Å². The van der Waals surface area contributed by atoms with E-state index < -0.39 is 6.16 Å². The Morgan fingerprint density at radius 1 is 1.46 bits per heavy atom. The van der Waals surface area contributed by atoms with Gasteiger partial charge < -0.3 is 14.4 Å². The molecule has 0 aromatic rings. The largest absolute Gasteiger partial charge is 0.507 e. The Kier molecular flexibility index (Phi) is 4.02. The molecule has 1 aliphatic heterocycles. The average molecular weight is 187 g/mol. The highest BCUT2D eigenvalue weighted by atomic mass is 16.7. The molecule has 0 N–H and O–H groups in total. The Labute approximate surface area is 78.8 Å². The van der Waals surface area contributed by atoms with Gasteiger partial charge in [-0.25, -0.2) is 4.79 Å². The number of likely N-dealkylation sites (tertiary alicyclic amines) is 1. The minimum Gasteiger partial charge on any atom is -0.438 e. The Balaban J connectivity index is 2.12. The third kappa shape index (κ3) is 3.63. The Bertz CT molecular complexity index is 164. The van der Waals surface area contributed by atoms with Crippen LogP contribution in [0.5, 0.6) is 0 Å². The molecule has 0 amide bonds. The Morgan fingerprint density at radius 3 is 2.62 bits per heavy atom. The zero-order chi connectivity index (χ0) is 9.68. The van der Waals surface area contributed by atoms with E-state index in [1.165, 1.54) is 7.11 Å². The summed E-state index contributed by atoms with van der Waals surface area (Å²) >= 11 is 0. The summed E-state index contributed by atoms with van der Waals surface area (Å²) in [4.78, 5) is 13.0. The van der Waals surface area contributed by atoms with Gasteiger partial charge >= 0.3 is 6.16 Å². The molecule has 0 aliphatic carbocycles. The van der Waals surface area contributed by atoms with Gasteiger partial charge in [0.1, 0.15) is 0 Å². The highest BCUT2D eigenvalue weighted by Crippen LogP contribution is 2.15. The molecule has 0 unspecified atom stereocenters. The molecule has 1 heterocycles. The normalized spacial score (nSPS) is 19.8. The first-order valence-corrected chi connectivity index (χ1v) is 4.61. The predicted molar refractivity (Wildman–Crippen MR) is 48.6 cm³/mol. The van der Waals surface area contributed by atoms with Crippen LogP contribution >= 0.6 is 0 Å². The summed E-state index contributed by atoms with van der Waals surface area (Å²) in [5.41, 5.74) is 0. The molecule has 76 valence electrons. The van der Waals surface area contributed by atoms with Gasteiger partial charge in [-0.3, -0.25) is 0 Å². The molecule has 13 heavy (non-hydrogen) atoms. The van der Waals surface area contributed by atoms with Crippen molar-refractivity contribution in [2.24, 2.45) is 5.92 Å². The van der Waals surface area contributed by atoms with E-state index >= 15 is 0 Å². The van der Waals surface area contributed by atoms with E-state index in [1.54, 1.807) is 0 Å². The molecular formula is C9H17NO3. The maximum Gasteiger partial charge on any atom is 0.507 e. The molecule has 0 aromatic carbocycles. The highest BCUT2D eigenvalue weighted by Gasteiger charge is 2.18. The van der Waals surface area contributed by atoms with Gasteiger partial charge in [0.2, 0.25) is 0 Å². The first kappa shape index (κ1) is 10.3. The van der Waals surface area contributed by atoms with Crippen molar-refractivity contribution in [2.75, 3.05) is 33.9 Å². The van der Waals surface area contributed by atoms with Gasteiger partial charge in [-0.05, 0) is 38.9 Å². The van der Waals surface area contributed by atoms with Crippen molar-refractivity contribution in [2.45, 2.75) is 12.8 Å². The number of hydrogen-bond acceptors (Lipinski definition) is 4. The Morgan fingerprint density at radius 2 is 2.08 bits per heavy atom. The summed E-state index contributed by atoms with van der Waals surface area (Å²) in [6, 6.07) is 0. The Hall–Kier alpha value is -0.770. The van der Waals surface area contributed by atoms with Gasteiger partial charge in [-0.2, -0.15) is 0 Å². The average Bonchev–Trinajstić information content (AvgIpc) is 2.16. The van der Waals surface area contributed by atoms with Gasteiger partial charge in [0, 0.05) is 0 Å². The lowest BCUT2D eigenvalue weighted by Gasteiger charge is -2.28. The van der Waals surface area contributed by atoms with Crippen LogP contribution in [0.4, 0.5) is 4.79 Å². The number of carbonyl (C=O) groups excluding carboxylic acids is 1. The van der Waals surface area contributed by atoms with E-state index in [0.29, 0.717) is 12.5 Å². The van der Waals surface area contributed by atoms with Crippen LogP contribution in [-0.4, -0.2) is 44.9 Å². The lowest BCUT2D eigenvalue weighted by atomic mass is 9.98. The van der Waals surface area contributed by atoms with Crippen LogP contribution in [0.2, 0.25) is 0 Å². The second-order valence-corrected chi connectivity index (χ2v) is 3.51. The summed E-state index contributed by atoms with van der Waals surface area (Å²) in [6.45, 7) is 2.69. The molecule has 1 rings (SSSR count). The van der Waals surface area contributed by atoms with Crippen LogP contribution < -0.4 is 0 Å². The first-order chi connectivity index (χ1) is 6.22. The molecule has 4 heteroatoms. The zero-order valence-corrected chi connectivity index (χ0v) is 8.28. The monoisotopic (exact) mass is 187 g/mol. The second kappa shape index (κ2) is 5.07. The smallest absolute Gasteiger partial charge is 0.438 e. The fraction of sp³-hybridized carbons (Fsp3) is 0.889. The summed E-state index contributed by atoms with van der Waals surface area (Å²) in [5.74, 6) is 0.510. The third-order valence-corrected chi connectivity index (χ3v) is 2.44. The quantitative estimate of drug-likeness (QED) is 0.607. The van der Waals surface area contributed by atoms with Gasteiger partial charge in [0.15, 0.2) is 0 Å². The van der Waals surface area contributed by atoms with Gasteiger partial charge in [0.25, 0.3) is 0 Å². The van der Waals surface area contributed by atoms with E-state index in [-0.39, 0.29) is 0 Å². The first-order valence-electron chi connectivity index (χ1n) is 4.61. The number of nitrogens with zero attached hydrogens (tertiary/aromatic N) is 1. The van der Waals surface area contributed by atoms with Gasteiger partial charge in [-0.1, -0.05) is 0 Å².